The topological polar surface area (TPSA) is 82.6 Å². The van der Waals surface area contributed by atoms with E-state index in [-0.39, 0.29) is 28.5 Å². The summed E-state index contributed by atoms with van der Waals surface area (Å²) >= 11 is 0. The summed E-state index contributed by atoms with van der Waals surface area (Å²) in [4.78, 5) is 19.0. The van der Waals surface area contributed by atoms with Crippen LogP contribution in [0.4, 0.5) is 24.7 Å². The van der Waals surface area contributed by atoms with Gasteiger partial charge in [0.05, 0.1) is 16.0 Å². The third-order valence-corrected chi connectivity index (χ3v) is 7.64. The molecule has 0 saturated carbocycles. The average molecular weight is 469 g/mol. The van der Waals surface area contributed by atoms with E-state index >= 15 is 0 Å². The summed E-state index contributed by atoms with van der Waals surface area (Å²) in [6, 6.07) is 5.27. The highest BCUT2D eigenvalue weighted by molar-refractivity contribution is 7.89. The van der Waals surface area contributed by atoms with Crippen molar-refractivity contribution >= 4 is 27.4 Å². The number of rotatable bonds is 3. The van der Waals surface area contributed by atoms with Crippen molar-refractivity contribution in [1.29, 1.82) is 0 Å². The minimum atomic E-state index is -4.65. The van der Waals surface area contributed by atoms with Crippen LogP contribution in [0.1, 0.15) is 47.2 Å². The fraction of sp³-hybridized carbons (Fsp3) is 0.429. The fourth-order valence-corrected chi connectivity index (χ4v) is 5.39. The van der Waals surface area contributed by atoms with E-state index in [2.05, 4.69) is 10.3 Å². The Morgan fingerprint density at radius 2 is 1.78 bits per heavy atom. The van der Waals surface area contributed by atoms with Crippen LogP contribution in [0.15, 0.2) is 35.4 Å². The molecule has 0 unspecified atom stereocenters. The lowest BCUT2D eigenvalue weighted by molar-refractivity contribution is -0.137. The molecule has 1 aromatic carbocycles. The molecule has 0 radical (unpaired) electrons. The first-order valence-electron chi connectivity index (χ1n) is 10.3. The number of sulfonamides is 1. The van der Waals surface area contributed by atoms with E-state index in [9.17, 15) is 26.4 Å². The summed E-state index contributed by atoms with van der Waals surface area (Å²) in [7, 11) is -2.20. The standard InChI is InChI=1S/C21H23F3N4O3S/c1-27-13-14-6-7-16(11-18(14)32(27,30)31)26-20(29)17-10-15(21(22,23)24)12-25-19(17)28-8-4-2-3-5-9-28/h6-7,10-12H,2-5,8-9,13H2,1H3,(H,26,29). The molecule has 7 nitrogen and oxygen atoms in total. The number of nitrogens with zero attached hydrogens (tertiary/aromatic N) is 3. The number of hydrogen-bond acceptors (Lipinski definition) is 5. The van der Waals surface area contributed by atoms with Crippen molar-refractivity contribution in [2.24, 2.45) is 0 Å². The van der Waals surface area contributed by atoms with Gasteiger partial charge in [-0.05, 0) is 36.6 Å². The molecular formula is C21H23F3N4O3S. The second-order valence-electron chi connectivity index (χ2n) is 8.03. The van der Waals surface area contributed by atoms with E-state index in [1.165, 1.54) is 23.5 Å². The van der Waals surface area contributed by atoms with Crippen LogP contribution in [-0.4, -0.2) is 43.8 Å². The molecule has 172 valence electrons. The van der Waals surface area contributed by atoms with Crippen molar-refractivity contribution in [3.63, 3.8) is 0 Å². The molecule has 2 aromatic rings. The highest BCUT2D eigenvalue weighted by Gasteiger charge is 2.34. The Labute approximate surface area is 184 Å². The molecule has 0 spiro atoms. The molecule has 0 aliphatic carbocycles. The Bertz CT molecular complexity index is 1140. The molecule has 1 N–H and O–H groups in total. The van der Waals surface area contributed by atoms with Crippen molar-refractivity contribution in [3.8, 4) is 0 Å². The molecule has 2 aliphatic heterocycles. The maximum Gasteiger partial charge on any atom is 0.417 e. The average Bonchev–Trinajstić information content (AvgIpc) is 2.92. The number of anilines is 2. The third kappa shape index (κ3) is 4.31. The number of carbonyl (C=O) groups is 1. The van der Waals surface area contributed by atoms with Gasteiger partial charge in [0.25, 0.3) is 5.91 Å². The van der Waals surface area contributed by atoms with Gasteiger partial charge in [-0.2, -0.15) is 17.5 Å². The molecule has 32 heavy (non-hydrogen) atoms. The van der Waals surface area contributed by atoms with Crippen molar-refractivity contribution < 1.29 is 26.4 Å². The van der Waals surface area contributed by atoms with Crippen molar-refractivity contribution in [3.05, 3.63) is 47.2 Å². The number of fused-ring (bicyclic) bond motifs is 1. The van der Waals surface area contributed by atoms with E-state index in [1.54, 1.807) is 6.07 Å². The molecule has 1 amide bonds. The van der Waals surface area contributed by atoms with Crippen LogP contribution >= 0.6 is 0 Å². The Morgan fingerprint density at radius 1 is 1.09 bits per heavy atom. The monoisotopic (exact) mass is 468 g/mol. The van der Waals surface area contributed by atoms with Gasteiger partial charge >= 0.3 is 6.18 Å². The van der Waals surface area contributed by atoms with Gasteiger partial charge in [0, 0.05) is 38.6 Å². The zero-order chi connectivity index (χ0) is 23.1. The Hall–Kier alpha value is -2.66. The molecule has 11 heteroatoms. The number of amides is 1. The van der Waals surface area contributed by atoms with Crippen LogP contribution in [-0.2, 0) is 22.7 Å². The lowest BCUT2D eigenvalue weighted by Gasteiger charge is -2.24. The van der Waals surface area contributed by atoms with E-state index < -0.39 is 27.7 Å². The molecule has 3 heterocycles. The van der Waals surface area contributed by atoms with Gasteiger partial charge in [0.1, 0.15) is 5.82 Å². The molecule has 4 rings (SSSR count). The highest BCUT2D eigenvalue weighted by Crippen LogP contribution is 2.34. The summed E-state index contributed by atoms with van der Waals surface area (Å²) in [5, 5.41) is 2.56. The van der Waals surface area contributed by atoms with Gasteiger partial charge in [0.2, 0.25) is 10.0 Å². The fourth-order valence-electron chi connectivity index (χ4n) is 4.01. The first-order valence-corrected chi connectivity index (χ1v) is 11.7. The summed E-state index contributed by atoms with van der Waals surface area (Å²) in [6.07, 6.45) is -0.159. The van der Waals surface area contributed by atoms with Crippen LogP contribution < -0.4 is 10.2 Å². The largest absolute Gasteiger partial charge is 0.417 e. The van der Waals surface area contributed by atoms with E-state index in [4.69, 9.17) is 0 Å². The zero-order valence-electron chi connectivity index (χ0n) is 17.4. The second kappa shape index (κ2) is 8.36. The molecule has 1 aromatic heterocycles. The molecule has 0 atom stereocenters. The van der Waals surface area contributed by atoms with Crippen LogP contribution in [0.25, 0.3) is 0 Å². The number of benzene rings is 1. The first-order chi connectivity index (χ1) is 15.1. The van der Waals surface area contributed by atoms with Crippen LogP contribution in [0.5, 0.6) is 0 Å². The maximum absolute atomic E-state index is 13.3. The van der Waals surface area contributed by atoms with Gasteiger partial charge in [-0.3, -0.25) is 4.79 Å². The van der Waals surface area contributed by atoms with Gasteiger partial charge in [-0.25, -0.2) is 13.4 Å². The number of nitrogens with one attached hydrogen (secondary N) is 1. The van der Waals surface area contributed by atoms with E-state index in [1.807, 2.05) is 4.90 Å². The number of halogens is 3. The van der Waals surface area contributed by atoms with E-state index in [0.29, 0.717) is 18.7 Å². The highest BCUT2D eigenvalue weighted by atomic mass is 32.2. The molecule has 1 saturated heterocycles. The zero-order valence-corrected chi connectivity index (χ0v) is 18.3. The number of alkyl halides is 3. The van der Waals surface area contributed by atoms with Crippen LogP contribution in [0, 0.1) is 0 Å². The SMILES string of the molecule is CN1Cc2ccc(NC(=O)c3cc(C(F)(F)F)cnc3N3CCCCCC3)cc2S1(=O)=O. The quantitative estimate of drug-likeness (QED) is 0.740. The summed E-state index contributed by atoms with van der Waals surface area (Å²) in [5.74, 6) is -0.572. The summed E-state index contributed by atoms with van der Waals surface area (Å²) < 4.78 is 66.0. The number of aromatic nitrogens is 1. The lowest BCUT2D eigenvalue weighted by Crippen LogP contribution is -2.29. The Morgan fingerprint density at radius 3 is 2.44 bits per heavy atom. The lowest BCUT2D eigenvalue weighted by atomic mass is 10.1. The first kappa shape index (κ1) is 22.5. The number of pyridine rings is 1. The number of carbonyl (C=O) groups excluding carboxylic acids is 1. The van der Waals surface area contributed by atoms with Crippen LogP contribution in [0.2, 0.25) is 0 Å². The third-order valence-electron chi connectivity index (χ3n) is 5.75. The van der Waals surface area contributed by atoms with E-state index in [0.717, 1.165) is 37.9 Å². The van der Waals surface area contributed by atoms with Crippen LogP contribution in [0.3, 0.4) is 0 Å². The molecule has 1 fully saturated rings. The normalized spacial score (nSPS) is 18.8. The smallest absolute Gasteiger partial charge is 0.356 e. The van der Waals surface area contributed by atoms with Gasteiger partial charge in [0.15, 0.2) is 0 Å². The van der Waals surface area contributed by atoms with Crippen molar-refractivity contribution in [2.45, 2.75) is 43.3 Å². The molecule has 0 bridgehead atoms. The van der Waals surface area contributed by atoms with Gasteiger partial charge in [-0.15, -0.1) is 0 Å². The minimum absolute atomic E-state index is 0.0766. The number of hydrogen-bond donors (Lipinski definition) is 1. The predicted octanol–water partition coefficient (Wildman–Crippen LogP) is 3.87. The predicted molar refractivity (Wildman–Crippen MR) is 113 cm³/mol. The summed E-state index contributed by atoms with van der Waals surface area (Å²) in [5.41, 5.74) is -0.426. The second-order valence-corrected chi connectivity index (χ2v) is 10.0. The Balaban J connectivity index is 1.69. The Kier molecular flexibility index (Phi) is 5.89. The molecule has 2 aliphatic rings. The van der Waals surface area contributed by atoms with Gasteiger partial charge < -0.3 is 10.2 Å². The minimum Gasteiger partial charge on any atom is -0.356 e. The van der Waals surface area contributed by atoms with Crippen molar-refractivity contribution in [1.82, 2.24) is 9.29 Å². The molecular weight excluding hydrogens is 445 g/mol. The van der Waals surface area contributed by atoms with Crippen molar-refractivity contribution in [2.75, 3.05) is 30.4 Å². The maximum atomic E-state index is 13.3. The summed E-state index contributed by atoms with van der Waals surface area (Å²) in [6.45, 7) is 1.42. The van der Waals surface area contributed by atoms with Gasteiger partial charge in [-0.1, -0.05) is 18.9 Å².